The molecule has 27 heavy (non-hydrogen) atoms. The van der Waals surface area contributed by atoms with Gasteiger partial charge in [-0.2, -0.15) is 0 Å². The molecule has 1 fully saturated rings. The van der Waals surface area contributed by atoms with Crippen molar-refractivity contribution in [2.45, 2.75) is 53.0 Å². The van der Waals surface area contributed by atoms with Gasteiger partial charge in [-0.3, -0.25) is 4.79 Å². The fourth-order valence-corrected chi connectivity index (χ4v) is 4.45. The Hall–Kier alpha value is -2.01. The van der Waals surface area contributed by atoms with Crippen molar-refractivity contribution < 1.29 is 19.0 Å². The topological polar surface area (TPSA) is 56.8 Å². The van der Waals surface area contributed by atoms with E-state index >= 15 is 0 Å². The number of nitrogens with one attached hydrogen (secondary N) is 1. The van der Waals surface area contributed by atoms with Crippen molar-refractivity contribution in [3.8, 4) is 11.5 Å². The lowest BCUT2D eigenvalue weighted by Crippen LogP contribution is -2.37. The molecule has 0 bridgehead atoms. The maximum atomic E-state index is 12.8. The fraction of sp³-hybridized carbons (Fsp3) is 0.591. The predicted molar refractivity (Wildman–Crippen MR) is 105 cm³/mol. The number of esters is 1. The molecule has 1 aromatic carbocycles. The zero-order valence-corrected chi connectivity index (χ0v) is 17.0. The molecule has 0 radical (unpaired) electrons. The Labute approximate surface area is 162 Å². The molecule has 1 N–H and O–H groups in total. The Kier molecular flexibility index (Phi) is 5.80. The number of carbonyl (C=O) groups is 1. The van der Waals surface area contributed by atoms with Gasteiger partial charge in [0.1, 0.15) is 0 Å². The average molecular weight is 373 g/mol. The summed E-state index contributed by atoms with van der Waals surface area (Å²) in [5, 5.41) is 3.59. The van der Waals surface area contributed by atoms with E-state index in [0.29, 0.717) is 6.61 Å². The molecule has 3 atom stereocenters. The Morgan fingerprint density at radius 3 is 2.74 bits per heavy atom. The summed E-state index contributed by atoms with van der Waals surface area (Å²) in [4.78, 5) is 12.8. The smallest absolute Gasteiger partial charge is 0.311 e. The van der Waals surface area contributed by atoms with Crippen LogP contribution in [0.25, 0.3) is 0 Å². The third kappa shape index (κ3) is 4.46. The molecule has 5 heteroatoms. The van der Waals surface area contributed by atoms with Crippen molar-refractivity contribution in [1.82, 2.24) is 5.32 Å². The first-order chi connectivity index (χ1) is 12.8. The number of fused-ring (bicyclic) bond motifs is 1. The summed E-state index contributed by atoms with van der Waals surface area (Å²) < 4.78 is 16.4. The Balaban J connectivity index is 1.86. The van der Waals surface area contributed by atoms with E-state index < -0.39 is 0 Å². The van der Waals surface area contributed by atoms with E-state index in [2.05, 4.69) is 39.1 Å². The highest BCUT2D eigenvalue weighted by Crippen LogP contribution is 2.41. The minimum Gasteiger partial charge on any atom is -0.466 e. The van der Waals surface area contributed by atoms with Crippen molar-refractivity contribution in [2.75, 3.05) is 19.9 Å². The van der Waals surface area contributed by atoms with E-state index in [1.165, 1.54) is 5.57 Å². The second-order valence-electron chi connectivity index (χ2n) is 8.43. The first-order valence-electron chi connectivity index (χ1n) is 9.76. The zero-order valence-electron chi connectivity index (χ0n) is 17.0. The van der Waals surface area contributed by atoms with Crippen LogP contribution in [0.2, 0.25) is 0 Å². The van der Waals surface area contributed by atoms with E-state index in [-0.39, 0.29) is 36.1 Å². The molecule has 1 saturated heterocycles. The number of hydrogen-bond acceptors (Lipinski definition) is 5. The van der Waals surface area contributed by atoms with Gasteiger partial charge in [0.15, 0.2) is 11.5 Å². The molecule has 0 amide bonds. The van der Waals surface area contributed by atoms with Gasteiger partial charge < -0.3 is 19.5 Å². The standard InChI is InChI=1S/C22H31NO4/c1-6-25-21(24)20-16(15-7-8-18-19(9-15)27-13-26-18)12-23-17(20)11-22(4,5)10-14(2)3/h7-10,16-17,20,23H,6,11-13H2,1-5H3/t16-,17+,20-/m1/s1. The van der Waals surface area contributed by atoms with Gasteiger partial charge in [-0.25, -0.2) is 0 Å². The van der Waals surface area contributed by atoms with Crippen molar-refractivity contribution in [1.29, 1.82) is 0 Å². The van der Waals surface area contributed by atoms with Gasteiger partial charge in [-0.1, -0.05) is 31.6 Å². The maximum Gasteiger partial charge on any atom is 0.311 e. The Morgan fingerprint density at radius 1 is 1.30 bits per heavy atom. The lowest BCUT2D eigenvalue weighted by atomic mass is 9.77. The van der Waals surface area contributed by atoms with Gasteiger partial charge in [-0.05, 0) is 50.3 Å². The molecule has 2 aliphatic heterocycles. The number of ether oxygens (including phenoxy) is 3. The van der Waals surface area contributed by atoms with Crippen LogP contribution in [0.4, 0.5) is 0 Å². The number of allylic oxidation sites excluding steroid dienone is 2. The second kappa shape index (κ2) is 7.93. The predicted octanol–water partition coefficient (Wildman–Crippen LogP) is 4.03. The number of carbonyl (C=O) groups excluding carboxylic acids is 1. The third-order valence-corrected chi connectivity index (χ3v) is 5.28. The zero-order chi connectivity index (χ0) is 19.6. The molecule has 5 nitrogen and oxygen atoms in total. The molecule has 0 aliphatic carbocycles. The Bertz CT molecular complexity index is 721. The first kappa shape index (κ1) is 19.7. The highest BCUT2D eigenvalue weighted by molar-refractivity contribution is 5.75. The normalized spacial score (nSPS) is 24.0. The summed E-state index contributed by atoms with van der Waals surface area (Å²) >= 11 is 0. The highest BCUT2D eigenvalue weighted by Gasteiger charge is 2.44. The number of benzene rings is 1. The lowest BCUT2D eigenvalue weighted by Gasteiger charge is -2.29. The molecule has 3 rings (SSSR count). The minimum absolute atomic E-state index is 0.00498. The molecule has 0 unspecified atom stereocenters. The van der Waals surface area contributed by atoms with Crippen LogP contribution in [-0.2, 0) is 9.53 Å². The van der Waals surface area contributed by atoms with Crippen LogP contribution in [0, 0.1) is 11.3 Å². The van der Waals surface area contributed by atoms with Gasteiger partial charge in [0.05, 0.1) is 12.5 Å². The van der Waals surface area contributed by atoms with Crippen LogP contribution in [0.15, 0.2) is 29.8 Å². The molecule has 2 aliphatic rings. The lowest BCUT2D eigenvalue weighted by molar-refractivity contribution is -0.149. The maximum absolute atomic E-state index is 12.8. The van der Waals surface area contributed by atoms with Crippen LogP contribution in [0.5, 0.6) is 11.5 Å². The van der Waals surface area contributed by atoms with E-state index in [9.17, 15) is 4.79 Å². The summed E-state index contributed by atoms with van der Waals surface area (Å²) in [5.41, 5.74) is 2.38. The van der Waals surface area contributed by atoms with Crippen molar-refractivity contribution in [2.24, 2.45) is 11.3 Å². The van der Waals surface area contributed by atoms with E-state index in [4.69, 9.17) is 14.2 Å². The van der Waals surface area contributed by atoms with Gasteiger partial charge in [-0.15, -0.1) is 0 Å². The van der Waals surface area contributed by atoms with Gasteiger partial charge in [0, 0.05) is 18.5 Å². The van der Waals surface area contributed by atoms with Crippen LogP contribution in [0.3, 0.4) is 0 Å². The first-order valence-corrected chi connectivity index (χ1v) is 9.76. The van der Waals surface area contributed by atoms with E-state index in [0.717, 1.165) is 30.0 Å². The number of rotatable bonds is 6. The van der Waals surface area contributed by atoms with Crippen molar-refractivity contribution in [3.63, 3.8) is 0 Å². The molecule has 1 aromatic rings. The largest absolute Gasteiger partial charge is 0.466 e. The SMILES string of the molecule is CCOC(=O)[C@H]1[C@H](CC(C)(C)C=C(C)C)NC[C@@H]1c1ccc2c(c1)OCO2. The van der Waals surface area contributed by atoms with Crippen LogP contribution in [0.1, 0.15) is 52.5 Å². The summed E-state index contributed by atoms with van der Waals surface area (Å²) in [5.74, 6) is 1.24. The Morgan fingerprint density at radius 2 is 2.04 bits per heavy atom. The summed E-state index contributed by atoms with van der Waals surface area (Å²) in [6, 6.07) is 6.05. The van der Waals surface area contributed by atoms with Crippen molar-refractivity contribution in [3.05, 3.63) is 35.4 Å². The van der Waals surface area contributed by atoms with E-state index in [1.54, 1.807) is 0 Å². The van der Waals surface area contributed by atoms with Crippen molar-refractivity contribution >= 4 is 5.97 Å². The van der Waals surface area contributed by atoms with Gasteiger partial charge in [0.2, 0.25) is 6.79 Å². The highest BCUT2D eigenvalue weighted by atomic mass is 16.7. The molecule has 2 heterocycles. The summed E-state index contributed by atoms with van der Waals surface area (Å²) in [7, 11) is 0. The number of hydrogen-bond donors (Lipinski definition) is 1. The van der Waals surface area contributed by atoms with Gasteiger partial charge in [0.25, 0.3) is 0 Å². The van der Waals surface area contributed by atoms with Crippen LogP contribution in [-0.4, -0.2) is 32.0 Å². The quantitative estimate of drug-likeness (QED) is 0.603. The van der Waals surface area contributed by atoms with Crippen LogP contribution >= 0.6 is 0 Å². The second-order valence-corrected chi connectivity index (χ2v) is 8.43. The third-order valence-electron chi connectivity index (χ3n) is 5.28. The molecule has 0 aromatic heterocycles. The molecular weight excluding hydrogens is 342 g/mol. The summed E-state index contributed by atoms with van der Waals surface area (Å²) in [6.45, 7) is 11.9. The molecule has 0 spiro atoms. The minimum atomic E-state index is -0.213. The fourth-order valence-electron chi connectivity index (χ4n) is 4.45. The summed E-state index contributed by atoms with van der Waals surface area (Å²) in [6.07, 6.45) is 3.16. The monoisotopic (exact) mass is 373 g/mol. The molecular formula is C22H31NO4. The average Bonchev–Trinajstić information content (AvgIpc) is 3.19. The van der Waals surface area contributed by atoms with Crippen LogP contribution < -0.4 is 14.8 Å². The molecule has 0 saturated carbocycles. The molecule has 148 valence electrons. The van der Waals surface area contributed by atoms with Gasteiger partial charge >= 0.3 is 5.97 Å². The van der Waals surface area contributed by atoms with E-state index in [1.807, 2.05) is 25.1 Å².